The largest absolute Gasteiger partial charge is 0.447 e. The summed E-state index contributed by atoms with van der Waals surface area (Å²) in [6.07, 6.45) is 5.41. The Bertz CT molecular complexity index is 873. The molecule has 0 atom stereocenters. The molecule has 7 heteroatoms. The number of urea groups is 1. The van der Waals surface area contributed by atoms with Crippen LogP contribution in [0, 0.1) is 6.92 Å². The summed E-state index contributed by atoms with van der Waals surface area (Å²) in [5.74, 6) is 0.481. The summed E-state index contributed by atoms with van der Waals surface area (Å²) in [5.41, 5.74) is 3.16. The Morgan fingerprint density at radius 1 is 1.33 bits per heavy atom. The lowest BCUT2D eigenvalue weighted by molar-refractivity contribution is 0.250. The lowest BCUT2D eigenvalue weighted by Gasteiger charge is -2.13. The Kier molecular flexibility index (Phi) is 4.01. The molecule has 0 fully saturated rings. The number of imidazole rings is 1. The molecule has 0 aliphatic carbocycles. The molecule has 0 aliphatic rings. The third-order valence-corrected chi connectivity index (χ3v) is 3.56. The van der Waals surface area contributed by atoms with Gasteiger partial charge in [-0.25, -0.2) is 14.8 Å². The molecule has 2 amide bonds. The van der Waals surface area contributed by atoms with E-state index in [-0.39, 0.29) is 18.0 Å². The summed E-state index contributed by atoms with van der Waals surface area (Å²) in [5, 5.41) is 5.51. The number of carbonyl (C=O) groups excluding carboxylic acids is 1. The second-order valence-corrected chi connectivity index (χ2v) is 6.75. The number of aryl methyl sites for hydroxylation is 1. The van der Waals surface area contributed by atoms with Crippen molar-refractivity contribution in [2.24, 2.45) is 0 Å². The summed E-state index contributed by atoms with van der Waals surface area (Å²) < 4.78 is 7.29. The van der Waals surface area contributed by atoms with Gasteiger partial charge in [-0.2, -0.15) is 0 Å². The number of hydrogen-bond donors (Lipinski definition) is 2. The van der Waals surface area contributed by atoms with Gasteiger partial charge in [-0.05, 0) is 13.0 Å². The zero-order valence-electron chi connectivity index (χ0n) is 14.3. The Hall–Kier alpha value is -2.83. The van der Waals surface area contributed by atoms with Crippen molar-refractivity contribution < 1.29 is 9.21 Å². The predicted molar refractivity (Wildman–Crippen MR) is 91.0 cm³/mol. The number of rotatable bonds is 3. The third kappa shape index (κ3) is 3.56. The summed E-state index contributed by atoms with van der Waals surface area (Å²) >= 11 is 0. The van der Waals surface area contributed by atoms with Crippen molar-refractivity contribution >= 4 is 17.4 Å². The molecule has 3 aromatic rings. The molecule has 0 radical (unpaired) electrons. The van der Waals surface area contributed by atoms with E-state index in [2.05, 4.69) is 41.4 Å². The normalized spacial score (nSPS) is 11.7. The quantitative estimate of drug-likeness (QED) is 0.773. The molecule has 0 unspecified atom stereocenters. The van der Waals surface area contributed by atoms with E-state index in [4.69, 9.17) is 4.42 Å². The van der Waals surface area contributed by atoms with Gasteiger partial charge < -0.3 is 19.5 Å². The standard InChI is InChI=1S/C17H21N5O2/c1-11-9-22-6-5-12(7-14(22)19-11)20-16(23)18-8-15-21-13(10-24-15)17(2,3)4/h5-7,9-10H,8H2,1-4H3,(H2,18,20,23). The Morgan fingerprint density at radius 3 is 2.83 bits per heavy atom. The second-order valence-electron chi connectivity index (χ2n) is 6.75. The summed E-state index contributed by atoms with van der Waals surface area (Å²) in [4.78, 5) is 20.8. The minimum atomic E-state index is -0.321. The molecule has 2 N–H and O–H groups in total. The molecule has 3 heterocycles. The van der Waals surface area contributed by atoms with E-state index >= 15 is 0 Å². The van der Waals surface area contributed by atoms with Gasteiger partial charge >= 0.3 is 6.03 Å². The average Bonchev–Trinajstić information content (AvgIpc) is 3.09. The van der Waals surface area contributed by atoms with Gasteiger partial charge in [0.1, 0.15) is 11.9 Å². The van der Waals surface area contributed by atoms with Crippen molar-refractivity contribution in [2.75, 3.05) is 5.32 Å². The fourth-order valence-electron chi connectivity index (χ4n) is 2.25. The summed E-state index contributed by atoms with van der Waals surface area (Å²) in [6.45, 7) is 8.33. The number of nitrogens with one attached hydrogen (secondary N) is 2. The molecule has 3 aromatic heterocycles. The predicted octanol–water partition coefficient (Wildman–Crippen LogP) is 3.25. The molecular weight excluding hydrogens is 306 g/mol. The first-order valence-corrected chi connectivity index (χ1v) is 7.76. The first kappa shape index (κ1) is 16.0. The maximum Gasteiger partial charge on any atom is 0.319 e. The van der Waals surface area contributed by atoms with Gasteiger partial charge in [-0.15, -0.1) is 0 Å². The first-order valence-electron chi connectivity index (χ1n) is 7.76. The molecule has 0 bridgehead atoms. The molecule has 7 nitrogen and oxygen atoms in total. The zero-order valence-corrected chi connectivity index (χ0v) is 14.3. The monoisotopic (exact) mass is 327 g/mol. The van der Waals surface area contributed by atoms with E-state index in [1.807, 2.05) is 35.9 Å². The van der Waals surface area contributed by atoms with Crippen LogP contribution in [0.2, 0.25) is 0 Å². The first-order chi connectivity index (χ1) is 11.3. The number of oxazole rings is 1. The van der Waals surface area contributed by atoms with E-state index in [1.165, 1.54) is 0 Å². The van der Waals surface area contributed by atoms with E-state index in [9.17, 15) is 4.79 Å². The zero-order chi connectivity index (χ0) is 17.3. The van der Waals surface area contributed by atoms with Gasteiger partial charge in [0.25, 0.3) is 0 Å². The number of anilines is 1. The van der Waals surface area contributed by atoms with Crippen LogP contribution < -0.4 is 10.6 Å². The number of amides is 2. The van der Waals surface area contributed by atoms with Crippen LogP contribution in [0.3, 0.4) is 0 Å². The van der Waals surface area contributed by atoms with Crippen LogP contribution in [-0.4, -0.2) is 20.4 Å². The van der Waals surface area contributed by atoms with Crippen molar-refractivity contribution in [1.82, 2.24) is 19.7 Å². The Labute approximate surface area is 140 Å². The van der Waals surface area contributed by atoms with Crippen LogP contribution in [-0.2, 0) is 12.0 Å². The van der Waals surface area contributed by atoms with Gasteiger partial charge in [0.05, 0.1) is 17.9 Å². The van der Waals surface area contributed by atoms with Crippen LogP contribution in [0.1, 0.15) is 38.0 Å². The minimum Gasteiger partial charge on any atom is -0.447 e. The Morgan fingerprint density at radius 2 is 2.12 bits per heavy atom. The Balaban J connectivity index is 1.59. The van der Waals surface area contributed by atoms with E-state index < -0.39 is 0 Å². The van der Waals surface area contributed by atoms with Gasteiger partial charge in [-0.3, -0.25) is 0 Å². The van der Waals surface area contributed by atoms with Crippen LogP contribution >= 0.6 is 0 Å². The molecule has 0 aliphatic heterocycles. The second kappa shape index (κ2) is 5.99. The highest BCUT2D eigenvalue weighted by Gasteiger charge is 2.18. The number of hydrogen-bond acceptors (Lipinski definition) is 4. The molecule has 0 saturated carbocycles. The highest BCUT2D eigenvalue weighted by molar-refractivity contribution is 5.89. The van der Waals surface area contributed by atoms with Crippen molar-refractivity contribution in [3.63, 3.8) is 0 Å². The number of fused-ring (bicyclic) bond motifs is 1. The minimum absolute atomic E-state index is 0.0816. The number of carbonyl (C=O) groups is 1. The average molecular weight is 327 g/mol. The van der Waals surface area contributed by atoms with Gasteiger partial charge in [-0.1, -0.05) is 20.8 Å². The lowest BCUT2D eigenvalue weighted by atomic mass is 9.93. The van der Waals surface area contributed by atoms with E-state index in [0.29, 0.717) is 11.6 Å². The summed E-state index contributed by atoms with van der Waals surface area (Å²) in [7, 11) is 0. The molecule has 0 spiro atoms. The van der Waals surface area contributed by atoms with Crippen LogP contribution in [0.5, 0.6) is 0 Å². The maximum absolute atomic E-state index is 12.0. The van der Waals surface area contributed by atoms with Crippen molar-refractivity contribution in [1.29, 1.82) is 0 Å². The van der Waals surface area contributed by atoms with Gasteiger partial charge in [0, 0.05) is 29.6 Å². The summed E-state index contributed by atoms with van der Waals surface area (Å²) in [6, 6.07) is 3.31. The highest BCUT2D eigenvalue weighted by atomic mass is 16.3. The molecule has 24 heavy (non-hydrogen) atoms. The topological polar surface area (TPSA) is 84.5 Å². The molecular formula is C17H21N5O2. The highest BCUT2D eigenvalue weighted by Crippen LogP contribution is 2.21. The smallest absolute Gasteiger partial charge is 0.319 e. The van der Waals surface area contributed by atoms with Gasteiger partial charge in [0.2, 0.25) is 5.89 Å². The lowest BCUT2D eigenvalue weighted by Crippen LogP contribution is -2.28. The fourth-order valence-corrected chi connectivity index (χ4v) is 2.25. The number of pyridine rings is 1. The molecule has 0 aromatic carbocycles. The number of aromatic nitrogens is 3. The molecule has 3 rings (SSSR count). The van der Waals surface area contributed by atoms with E-state index in [1.54, 1.807) is 6.26 Å². The van der Waals surface area contributed by atoms with Gasteiger partial charge in [0.15, 0.2) is 0 Å². The van der Waals surface area contributed by atoms with Crippen molar-refractivity contribution in [2.45, 2.75) is 39.7 Å². The van der Waals surface area contributed by atoms with E-state index in [0.717, 1.165) is 17.0 Å². The number of nitrogens with zero attached hydrogens (tertiary/aromatic N) is 3. The van der Waals surface area contributed by atoms with Crippen LogP contribution in [0.4, 0.5) is 10.5 Å². The molecule has 126 valence electrons. The third-order valence-electron chi connectivity index (χ3n) is 3.56. The molecule has 0 saturated heterocycles. The van der Waals surface area contributed by atoms with Crippen LogP contribution in [0.25, 0.3) is 5.65 Å². The van der Waals surface area contributed by atoms with Crippen LogP contribution in [0.15, 0.2) is 35.2 Å². The van der Waals surface area contributed by atoms with Crippen molar-refractivity contribution in [3.05, 3.63) is 48.1 Å². The maximum atomic E-state index is 12.0. The fraction of sp³-hybridized carbons (Fsp3) is 0.353. The van der Waals surface area contributed by atoms with Crippen molar-refractivity contribution in [3.8, 4) is 0 Å². The SMILES string of the molecule is Cc1cn2ccc(NC(=O)NCc3nc(C(C)(C)C)co3)cc2n1.